The molecule has 2 aliphatic carbocycles. The molecule has 0 N–H and O–H groups in total. The molecule has 7 rings (SSSR count). The lowest BCUT2D eigenvalue weighted by molar-refractivity contribution is -0.122. The quantitative estimate of drug-likeness (QED) is 0.116. The Labute approximate surface area is 267 Å². The fraction of sp³-hybridized carbons (Fsp3) is 0.256. The van der Waals surface area contributed by atoms with E-state index in [1.807, 2.05) is 79.3 Å². The number of halogens is 2. The topological polar surface area (TPSA) is 57.0 Å². The summed E-state index contributed by atoms with van der Waals surface area (Å²) >= 11 is 0. The minimum atomic E-state index is -2.68. The maximum absolute atomic E-state index is 13.7. The number of imidazole rings is 1. The van der Waals surface area contributed by atoms with Crippen LogP contribution >= 0.6 is 0 Å². The SMILES string of the molecule is O=C(/C=C/c1nc(OC2CC2)ccc1-c1cn(C(c2ccccc2)(c2ccccc2)c2ccccc2)cn1)C1CCC(F)(F)CC1. The molecule has 0 radical (unpaired) electrons. The van der Waals surface area contributed by atoms with Crippen LogP contribution in [-0.4, -0.2) is 32.3 Å². The number of rotatable bonds is 10. The molecule has 2 aromatic heterocycles. The maximum Gasteiger partial charge on any atom is 0.248 e. The number of hydrogen-bond donors (Lipinski definition) is 0. The molecule has 0 saturated heterocycles. The van der Waals surface area contributed by atoms with Gasteiger partial charge in [-0.3, -0.25) is 4.79 Å². The molecule has 2 heterocycles. The Morgan fingerprint density at radius 1 is 0.804 bits per heavy atom. The van der Waals surface area contributed by atoms with E-state index >= 15 is 0 Å². The highest BCUT2D eigenvalue weighted by Gasteiger charge is 2.39. The molecule has 5 nitrogen and oxygen atoms in total. The monoisotopic (exact) mass is 615 g/mol. The van der Waals surface area contributed by atoms with Gasteiger partial charge in [0.2, 0.25) is 11.8 Å². The summed E-state index contributed by atoms with van der Waals surface area (Å²) in [6.45, 7) is 0. The van der Waals surface area contributed by atoms with Crippen molar-refractivity contribution in [1.82, 2.24) is 14.5 Å². The third kappa shape index (κ3) is 6.02. The molecule has 0 bridgehead atoms. The molecule has 0 amide bonds. The predicted octanol–water partition coefficient (Wildman–Crippen LogP) is 8.73. The summed E-state index contributed by atoms with van der Waals surface area (Å²) in [5.41, 5.74) is 4.46. The summed E-state index contributed by atoms with van der Waals surface area (Å²) < 4.78 is 35.6. The van der Waals surface area contributed by atoms with Gasteiger partial charge in [0.05, 0.1) is 17.7 Å². The van der Waals surface area contributed by atoms with Crippen LogP contribution in [0.5, 0.6) is 5.88 Å². The second kappa shape index (κ2) is 12.5. The van der Waals surface area contributed by atoms with Crippen molar-refractivity contribution in [1.29, 1.82) is 0 Å². The highest BCUT2D eigenvalue weighted by molar-refractivity contribution is 5.96. The number of carbonyl (C=O) groups excluding carboxylic acids is 1. The van der Waals surface area contributed by atoms with Gasteiger partial charge in [0.15, 0.2) is 5.78 Å². The summed E-state index contributed by atoms with van der Waals surface area (Å²) in [4.78, 5) is 22.8. The van der Waals surface area contributed by atoms with Gasteiger partial charge in [0, 0.05) is 36.6 Å². The number of carbonyl (C=O) groups is 1. The second-order valence-corrected chi connectivity index (χ2v) is 12.2. The Kier molecular flexibility index (Phi) is 8.07. The number of ether oxygens (including phenoxy) is 1. The Morgan fingerprint density at radius 3 is 1.91 bits per heavy atom. The van der Waals surface area contributed by atoms with Gasteiger partial charge in [0.25, 0.3) is 0 Å². The molecule has 7 heteroatoms. The fourth-order valence-electron chi connectivity index (χ4n) is 6.47. The molecule has 0 aliphatic heterocycles. The van der Waals surface area contributed by atoms with Gasteiger partial charge in [-0.05, 0) is 60.6 Å². The van der Waals surface area contributed by atoms with E-state index in [1.165, 1.54) is 6.08 Å². The standard InChI is InChI=1S/C39H35F2N3O2/c40-38(41)24-22-28(23-25-38)36(45)20-19-34-33(18-21-37(43-34)46-32-16-17-32)35-26-44(27-42-35)39(29-10-4-1-5-11-29,30-12-6-2-7-13-30)31-14-8-3-9-15-31/h1-15,18-21,26-28,32H,16-17,22-25H2/b20-19+. The molecule has 46 heavy (non-hydrogen) atoms. The van der Waals surface area contributed by atoms with Crippen LogP contribution in [0.1, 0.15) is 60.9 Å². The first-order valence-electron chi connectivity index (χ1n) is 15.9. The minimum absolute atomic E-state index is 0.154. The van der Waals surface area contributed by atoms with Gasteiger partial charge in [-0.15, -0.1) is 0 Å². The zero-order chi connectivity index (χ0) is 31.6. The number of benzene rings is 3. The molecule has 0 unspecified atom stereocenters. The Balaban J connectivity index is 1.31. The van der Waals surface area contributed by atoms with E-state index in [0.29, 0.717) is 17.3 Å². The Morgan fingerprint density at radius 2 is 1.37 bits per heavy atom. The highest BCUT2D eigenvalue weighted by atomic mass is 19.3. The molecular formula is C39H35F2N3O2. The van der Waals surface area contributed by atoms with Crippen molar-refractivity contribution in [2.24, 2.45) is 5.92 Å². The van der Waals surface area contributed by atoms with E-state index in [4.69, 9.17) is 14.7 Å². The van der Waals surface area contributed by atoms with E-state index < -0.39 is 17.4 Å². The molecule has 2 fully saturated rings. The molecule has 0 atom stereocenters. The number of aromatic nitrogens is 3. The Hall–Kier alpha value is -4.91. The van der Waals surface area contributed by atoms with Crippen LogP contribution in [0.15, 0.2) is 122 Å². The summed E-state index contributed by atoms with van der Waals surface area (Å²) in [6, 6.07) is 34.9. The highest BCUT2D eigenvalue weighted by Crippen LogP contribution is 2.42. The van der Waals surface area contributed by atoms with Crippen molar-refractivity contribution >= 4 is 11.9 Å². The number of pyridine rings is 1. The van der Waals surface area contributed by atoms with Crippen molar-refractivity contribution in [3.8, 4) is 17.1 Å². The molecule has 3 aromatic carbocycles. The molecule has 2 saturated carbocycles. The van der Waals surface area contributed by atoms with Gasteiger partial charge in [-0.25, -0.2) is 18.7 Å². The summed E-state index contributed by atoms with van der Waals surface area (Å²) in [6.07, 6.45) is 9.04. The van der Waals surface area contributed by atoms with Crippen molar-refractivity contribution in [3.63, 3.8) is 0 Å². The average Bonchev–Trinajstić information content (AvgIpc) is 3.77. The summed E-state index contributed by atoms with van der Waals surface area (Å²) in [5, 5.41) is 0. The lowest BCUT2D eigenvalue weighted by Crippen LogP contribution is -2.36. The van der Waals surface area contributed by atoms with Gasteiger partial charge < -0.3 is 9.30 Å². The largest absolute Gasteiger partial charge is 0.474 e. The third-order valence-electron chi connectivity index (χ3n) is 9.06. The van der Waals surface area contributed by atoms with Crippen molar-refractivity contribution in [2.75, 3.05) is 0 Å². The first kappa shape index (κ1) is 29.8. The number of ketones is 1. The van der Waals surface area contributed by atoms with Gasteiger partial charge in [0.1, 0.15) is 11.6 Å². The zero-order valence-corrected chi connectivity index (χ0v) is 25.4. The first-order chi connectivity index (χ1) is 22.4. The van der Waals surface area contributed by atoms with Crippen molar-refractivity contribution in [3.05, 3.63) is 144 Å². The zero-order valence-electron chi connectivity index (χ0n) is 25.4. The van der Waals surface area contributed by atoms with Gasteiger partial charge >= 0.3 is 0 Å². The van der Waals surface area contributed by atoms with E-state index in [-0.39, 0.29) is 37.6 Å². The fourth-order valence-corrected chi connectivity index (χ4v) is 6.47. The van der Waals surface area contributed by atoms with Crippen LogP contribution in [0.3, 0.4) is 0 Å². The lowest BCUT2D eigenvalue weighted by atomic mass is 9.77. The first-order valence-corrected chi connectivity index (χ1v) is 15.9. The smallest absolute Gasteiger partial charge is 0.248 e. The van der Waals surface area contributed by atoms with E-state index in [2.05, 4.69) is 41.0 Å². The summed E-state index contributed by atoms with van der Waals surface area (Å²) in [7, 11) is 0. The number of hydrogen-bond acceptors (Lipinski definition) is 4. The molecule has 2 aliphatic rings. The number of nitrogens with zero attached hydrogens (tertiary/aromatic N) is 3. The predicted molar refractivity (Wildman–Crippen MR) is 175 cm³/mol. The molecule has 5 aromatic rings. The average molecular weight is 616 g/mol. The van der Waals surface area contributed by atoms with Gasteiger partial charge in [-0.2, -0.15) is 0 Å². The van der Waals surface area contributed by atoms with Crippen LogP contribution in [0.4, 0.5) is 8.78 Å². The van der Waals surface area contributed by atoms with Crippen molar-refractivity contribution in [2.45, 2.75) is 56.1 Å². The molecule has 0 spiro atoms. The minimum Gasteiger partial charge on any atom is -0.474 e. The normalized spacial score (nSPS) is 16.8. The van der Waals surface area contributed by atoms with Crippen LogP contribution in [-0.2, 0) is 10.3 Å². The maximum atomic E-state index is 13.7. The summed E-state index contributed by atoms with van der Waals surface area (Å²) in [5.74, 6) is -2.76. The second-order valence-electron chi connectivity index (χ2n) is 12.2. The van der Waals surface area contributed by atoms with Crippen LogP contribution in [0.25, 0.3) is 17.3 Å². The third-order valence-corrected chi connectivity index (χ3v) is 9.06. The van der Waals surface area contributed by atoms with Crippen molar-refractivity contribution < 1.29 is 18.3 Å². The van der Waals surface area contributed by atoms with E-state index in [9.17, 15) is 13.6 Å². The molecular weight excluding hydrogens is 580 g/mol. The van der Waals surface area contributed by atoms with Crippen LogP contribution in [0.2, 0.25) is 0 Å². The van der Waals surface area contributed by atoms with Crippen LogP contribution < -0.4 is 4.74 Å². The number of allylic oxidation sites excluding steroid dienone is 1. The van der Waals surface area contributed by atoms with Crippen LogP contribution in [0, 0.1) is 5.92 Å². The molecule has 232 valence electrons. The Bertz CT molecular complexity index is 1730. The van der Waals surface area contributed by atoms with E-state index in [1.54, 1.807) is 6.08 Å². The number of alkyl halides is 2. The van der Waals surface area contributed by atoms with Gasteiger partial charge in [-0.1, -0.05) is 91.0 Å². The lowest BCUT2D eigenvalue weighted by Gasteiger charge is -2.37. The van der Waals surface area contributed by atoms with E-state index in [0.717, 1.165) is 35.1 Å².